The van der Waals surface area contributed by atoms with Gasteiger partial charge in [-0.3, -0.25) is 0 Å². The third-order valence-electron chi connectivity index (χ3n) is 4.81. The van der Waals surface area contributed by atoms with Crippen molar-refractivity contribution in [3.8, 4) is 5.75 Å². The summed E-state index contributed by atoms with van der Waals surface area (Å²) in [5.74, 6) is 0.930. The Kier molecular flexibility index (Phi) is 3.99. The van der Waals surface area contributed by atoms with Gasteiger partial charge in [-0.15, -0.1) is 0 Å². The minimum absolute atomic E-state index is 0.695. The van der Waals surface area contributed by atoms with Gasteiger partial charge in [-0.25, -0.2) is 0 Å². The summed E-state index contributed by atoms with van der Waals surface area (Å²) in [6, 6.07) is 6.09. The van der Waals surface area contributed by atoms with Gasteiger partial charge in [-0.2, -0.15) is 0 Å². The van der Waals surface area contributed by atoms with Crippen LogP contribution in [0.4, 0.5) is 0 Å². The van der Waals surface area contributed by atoms with Crippen molar-refractivity contribution in [1.82, 2.24) is 4.90 Å². The van der Waals surface area contributed by atoms with Crippen LogP contribution >= 0.6 is 0 Å². The quantitative estimate of drug-likeness (QED) is 0.920. The average Bonchev–Trinajstić information content (AvgIpc) is 2.48. The van der Waals surface area contributed by atoms with E-state index in [9.17, 15) is 5.11 Å². The van der Waals surface area contributed by atoms with E-state index in [1.807, 2.05) is 12.1 Å². The lowest BCUT2D eigenvalue weighted by Gasteiger charge is -2.40. The van der Waals surface area contributed by atoms with Crippen molar-refractivity contribution in [2.75, 3.05) is 26.7 Å². The Morgan fingerprint density at radius 2 is 2.00 bits per heavy atom. The molecule has 110 valence electrons. The highest BCUT2D eigenvalue weighted by Crippen LogP contribution is 2.40. The van der Waals surface area contributed by atoms with Crippen molar-refractivity contribution in [3.63, 3.8) is 0 Å². The third kappa shape index (κ3) is 2.57. The zero-order chi connectivity index (χ0) is 14.0. The van der Waals surface area contributed by atoms with E-state index in [4.69, 9.17) is 4.74 Å². The second-order valence-corrected chi connectivity index (χ2v) is 6.21. The van der Waals surface area contributed by atoms with Crippen molar-refractivity contribution < 1.29 is 9.84 Å². The number of rotatable bonds is 3. The van der Waals surface area contributed by atoms with E-state index in [2.05, 4.69) is 11.0 Å². The van der Waals surface area contributed by atoms with Gasteiger partial charge in [0.2, 0.25) is 0 Å². The van der Waals surface area contributed by atoms with Crippen molar-refractivity contribution in [1.29, 1.82) is 0 Å². The summed E-state index contributed by atoms with van der Waals surface area (Å²) < 4.78 is 5.47. The standard InChI is InChI=1S/C17H25NO2/c1-20-16-9-5-8-15-14(16)7-6-10-17(15,19)13-18-11-3-2-4-12-18/h5,8-9,19H,2-4,6-7,10-13H2,1H3. The monoisotopic (exact) mass is 275 g/mol. The number of nitrogens with zero attached hydrogens (tertiary/aromatic N) is 1. The molecule has 3 rings (SSSR count). The van der Waals surface area contributed by atoms with E-state index >= 15 is 0 Å². The first-order valence-electron chi connectivity index (χ1n) is 7.84. The molecule has 0 spiro atoms. The summed E-state index contributed by atoms with van der Waals surface area (Å²) in [6.07, 6.45) is 6.78. The smallest absolute Gasteiger partial charge is 0.122 e. The van der Waals surface area contributed by atoms with Crippen LogP contribution in [0, 0.1) is 0 Å². The lowest BCUT2D eigenvalue weighted by molar-refractivity contribution is -0.0200. The zero-order valence-electron chi connectivity index (χ0n) is 12.4. The Hall–Kier alpha value is -1.06. The van der Waals surface area contributed by atoms with Crippen LogP contribution < -0.4 is 4.74 Å². The molecule has 1 fully saturated rings. The largest absolute Gasteiger partial charge is 0.496 e. The highest BCUT2D eigenvalue weighted by atomic mass is 16.5. The summed E-state index contributed by atoms with van der Waals surface area (Å²) in [5, 5.41) is 11.2. The number of ether oxygens (including phenoxy) is 1. The maximum absolute atomic E-state index is 11.2. The fourth-order valence-corrected chi connectivity index (χ4v) is 3.79. The molecule has 20 heavy (non-hydrogen) atoms. The maximum atomic E-state index is 11.2. The molecule has 1 atom stereocenters. The van der Waals surface area contributed by atoms with Gasteiger partial charge in [-0.05, 0) is 56.8 Å². The molecule has 1 saturated heterocycles. The molecule has 1 heterocycles. The molecule has 0 saturated carbocycles. The van der Waals surface area contributed by atoms with Crippen molar-refractivity contribution >= 4 is 0 Å². The Labute approximate surface area is 121 Å². The Morgan fingerprint density at radius 1 is 1.20 bits per heavy atom. The van der Waals surface area contributed by atoms with E-state index < -0.39 is 5.60 Å². The molecule has 3 heteroatoms. The summed E-state index contributed by atoms with van der Waals surface area (Å²) in [6.45, 7) is 3.02. The summed E-state index contributed by atoms with van der Waals surface area (Å²) in [4.78, 5) is 2.43. The molecule has 3 nitrogen and oxygen atoms in total. The predicted octanol–water partition coefficient (Wildman–Crippen LogP) is 2.71. The number of likely N-dealkylation sites (tertiary alicyclic amines) is 1. The van der Waals surface area contributed by atoms with Gasteiger partial charge < -0.3 is 14.7 Å². The van der Waals surface area contributed by atoms with Crippen LogP contribution in [0.3, 0.4) is 0 Å². The van der Waals surface area contributed by atoms with Crippen LogP contribution in [-0.4, -0.2) is 36.8 Å². The molecule has 1 N–H and O–H groups in total. The summed E-state index contributed by atoms with van der Waals surface area (Å²) >= 11 is 0. The average molecular weight is 275 g/mol. The summed E-state index contributed by atoms with van der Waals surface area (Å²) in [5.41, 5.74) is 1.61. The number of benzene rings is 1. The highest BCUT2D eigenvalue weighted by molar-refractivity contribution is 5.45. The molecule has 0 radical (unpaired) electrons. The number of piperidine rings is 1. The van der Waals surface area contributed by atoms with Gasteiger partial charge in [0, 0.05) is 12.1 Å². The number of aliphatic hydroxyl groups is 1. The molecule has 1 aliphatic carbocycles. The molecule has 0 bridgehead atoms. The van der Waals surface area contributed by atoms with Crippen LogP contribution in [0.5, 0.6) is 5.75 Å². The molecular formula is C17H25NO2. The first kappa shape index (κ1) is 13.9. The molecular weight excluding hydrogens is 250 g/mol. The SMILES string of the molecule is COc1cccc2c1CCCC2(O)CN1CCCCC1. The second kappa shape index (κ2) is 5.74. The van der Waals surface area contributed by atoms with E-state index in [-0.39, 0.29) is 0 Å². The lowest BCUT2D eigenvalue weighted by Crippen LogP contribution is -2.45. The van der Waals surface area contributed by atoms with Gasteiger partial charge >= 0.3 is 0 Å². The van der Waals surface area contributed by atoms with Crippen molar-refractivity contribution in [2.45, 2.75) is 44.1 Å². The van der Waals surface area contributed by atoms with Crippen molar-refractivity contribution in [3.05, 3.63) is 29.3 Å². The lowest BCUT2D eigenvalue weighted by atomic mass is 9.78. The number of hydrogen-bond acceptors (Lipinski definition) is 3. The molecule has 1 aliphatic heterocycles. The zero-order valence-corrected chi connectivity index (χ0v) is 12.4. The molecule has 0 amide bonds. The molecule has 2 aliphatic rings. The summed E-state index contributed by atoms with van der Waals surface area (Å²) in [7, 11) is 1.72. The number of methoxy groups -OCH3 is 1. The van der Waals surface area contributed by atoms with Gasteiger partial charge in [0.15, 0.2) is 0 Å². The van der Waals surface area contributed by atoms with Crippen LogP contribution in [0.2, 0.25) is 0 Å². The fourth-order valence-electron chi connectivity index (χ4n) is 3.79. The fraction of sp³-hybridized carbons (Fsp3) is 0.647. The Balaban J connectivity index is 1.87. The van der Waals surface area contributed by atoms with Gasteiger partial charge in [0.25, 0.3) is 0 Å². The normalized spacial score (nSPS) is 27.1. The van der Waals surface area contributed by atoms with E-state index in [0.717, 1.165) is 50.2 Å². The third-order valence-corrected chi connectivity index (χ3v) is 4.81. The van der Waals surface area contributed by atoms with E-state index in [0.29, 0.717) is 0 Å². The van der Waals surface area contributed by atoms with Gasteiger partial charge in [0.05, 0.1) is 7.11 Å². The van der Waals surface area contributed by atoms with Crippen LogP contribution in [-0.2, 0) is 12.0 Å². The minimum atomic E-state index is -0.695. The molecule has 1 unspecified atom stereocenters. The maximum Gasteiger partial charge on any atom is 0.122 e. The Morgan fingerprint density at radius 3 is 2.75 bits per heavy atom. The van der Waals surface area contributed by atoms with E-state index in [1.165, 1.54) is 24.8 Å². The highest BCUT2D eigenvalue weighted by Gasteiger charge is 2.37. The Bertz CT molecular complexity index is 468. The van der Waals surface area contributed by atoms with E-state index in [1.54, 1.807) is 7.11 Å². The van der Waals surface area contributed by atoms with Gasteiger partial charge in [0.1, 0.15) is 11.4 Å². The van der Waals surface area contributed by atoms with Gasteiger partial charge in [-0.1, -0.05) is 18.6 Å². The molecule has 0 aromatic heterocycles. The second-order valence-electron chi connectivity index (χ2n) is 6.21. The topological polar surface area (TPSA) is 32.7 Å². The van der Waals surface area contributed by atoms with Crippen LogP contribution in [0.15, 0.2) is 18.2 Å². The predicted molar refractivity (Wildman–Crippen MR) is 80.1 cm³/mol. The number of β-amino-alcohol motifs (C(OH)–C–C–N with tert-alkyl or cyclic N) is 1. The van der Waals surface area contributed by atoms with Crippen molar-refractivity contribution in [2.24, 2.45) is 0 Å². The molecule has 1 aromatic rings. The van der Waals surface area contributed by atoms with Crippen LogP contribution in [0.1, 0.15) is 43.2 Å². The number of hydrogen-bond donors (Lipinski definition) is 1. The minimum Gasteiger partial charge on any atom is -0.496 e. The first-order valence-corrected chi connectivity index (χ1v) is 7.84. The van der Waals surface area contributed by atoms with Crippen LogP contribution in [0.25, 0.3) is 0 Å². The number of fused-ring (bicyclic) bond motifs is 1. The first-order chi connectivity index (χ1) is 9.73. The molecule has 1 aromatic carbocycles.